The number of carbonyl (C=O) groups excluding carboxylic acids is 1. The second-order valence-electron chi connectivity index (χ2n) is 4.24. The number of ketones is 1. The molecule has 2 rings (SSSR count). The second-order valence-corrected chi connectivity index (χ2v) is 4.24. The van der Waals surface area contributed by atoms with Crippen LogP contribution in [0.3, 0.4) is 0 Å². The minimum absolute atomic E-state index is 0.00662. The number of benzene rings is 1. The van der Waals surface area contributed by atoms with Crippen molar-refractivity contribution in [2.45, 2.75) is 19.8 Å². The van der Waals surface area contributed by atoms with E-state index in [0.717, 1.165) is 18.4 Å². The van der Waals surface area contributed by atoms with Crippen LogP contribution >= 0.6 is 0 Å². The fourth-order valence-corrected chi connectivity index (χ4v) is 1.53. The number of hydrogen-bond acceptors (Lipinski definition) is 4. The summed E-state index contributed by atoms with van der Waals surface area (Å²) in [6.45, 7) is 1.80. The average molecular weight is 235 g/mol. The third-order valence-corrected chi connectivity index (χ3v) is 2.79. The van der Waals surface area contributed by atoms with E-state index in [1.54, 1.807) is 13.0 Å². The molecule has 0 atom stereocenters. The fourth-order valence-electron chi connectivity index (χ4n) is 1.53. The predicted octanol–water partition coefficient (Wildman–Crippen LogP) is 2.26. The molecule has 1 aliphatic carbocycles. The number of hydrogen-bond donors (Lipinski definition) is 0. The molecule has 0 heterocycles. The van der Waals surface area contributed by atoms with Crippen molar-refractivity contribution in [1.82, 2.24) is 0 Å². The van der Waals surface area contributed by atoms with E-state index >= 15 is 0 Å². The molecular formula is C12H13NO4. The zero-order valence-electron chi connectivity index (χ0n) is 9.51. The highest BCUT2D eigenvalue weighted by Crippen LogP contribution is 2.30. The molecule has 17 heavy (non-hydrogen) atoms. The summed E-state index contributed by atoms with van der Waals surface area (Å²) in [5, 5.41) is 10.6. The maximum atomic E-state index is 11.4. The van der Waals surface area contributed by atoms with Crippen LogP contribution in [-0.2, 0) is 4.79 Å². The lowest BCUT2D eigenvalue weighted by Crippen LogP contribution is -2.13. The van der Waals surface area contributed by atoms with Gasteiger partial charge in [0.1, 0.15) is 12.4 Å². The van der Waals surface area contributed by atoms with Gasteiger partial charge in [0.05, 0.1) is 11.0 Å². The molecule has 0 N–H and O–H groups in total. The first-order chi connectivity index (χ1) is 8.08. The second kappa shape index (κ2) is 4.53. The van der Waals surface area contributed by atoms with Gasteiger partial charge in [-0.05, 0) is 31.4 Å². The lowest BCUT2D eigenvalue weighted by atomic mass is 10.2. The van der Waals surface area contributed by atoms with Gasteiger partial charge in [0.25, 0.3) is 5.69 Å². The summed E-state index contributed by atoms with van der Waals surface area (Å²) in [6.07, 6.45) is 1.88. The summed E-state index contributed by atoms with van der Waals surface area (Å²) in [6, 6.07) is 4.40. The summed E-state index contributed by atoms with van der Waals surface area (Å²) >= 11 is 0. The van der Waals surface area contributed by atoms with E-state index in [9.17, 15) is 14.9 Å². The standard InChI is InChI=1S/C12H13NO4/c1-8-2-5-10(13(15)16)6-12(8)17-7-11(14)9-3-4-9/h2,5-6,9H,3-4,7H2,1H3. The predicted molar refractivity (Wildman–Crippen MR) is 61.1 cm³/mol. The molecule has 0 amide bonds. The van der Waals surface area contributed by atoms with Crippen LogP contribution in [0.15, 0.2) is 18.2 Å². The van der Waals surface area contributed by atoms with Gasteiger partial charge in [-0.1, -0.05) is 0 Å². The Morgan fingerprint density at radius 1 is 1.53 bits per heavy atom. The number of rotatable bonds is 5. The van der Waals surface area contributed by atoms with Crippen molar-refractivity contribution in [3.8, 4) is 5.75 Å². The van der Waals surface area contributed by atoms with E-state index < -0.39 is 4.92 Å². The van der Waals surface area contributed by atoms with Crippen molar-refractivity contribution in [3.05, 3.63) is 33.9 Å². The van der Waals surface area contributed by atoms with Crippen LogP contribution in [0.4, 0.5) is 5.69 Å². The van der Waals surface area contributed by atoms with E-state index in [2.05, 4.69) is 0 Å². The monoisotopic (exact) mass is 235 g/mol. The van der Waals surface area contributed by atoms with Gasteiger partial charge in [-0.25, -0.2) is 0 Å². The molecule has 0 aliphatic heterocycles. The van der Waals surface area contributed by atoms with Gasteiger partial charge in [-0.2, -0.15) is 0 Å². The lowest BCUT2D eigenvalue weighted by Gasteiger charge is -2.07. The minimum atomic E-state index is -0.477. The van der Waals surface area contributed by atoms with Gasteiger partial charge in [-0.3, -0.25) is 14.9 Å². The van der Waals surface area contributed by atoms with Gasteiger partial charge in [-0.15, -0.1) is 0 Å². The Labute approximate surface area is 98.5 Å². The molecule has 1 saturated carbocycles. The number of Topliss-reactive ketones (excluding diaryl/α,β-unsaturated/α-hetero) is 1. The van der Waals surface area contributed by atoms with Gasteiger partial charge in [0, 0.05) is 12.0 Å². The number of nitro benzene ring substituents is 1. The summed E-state index contributed by atoms with van der Waals surface area (Å²) in [5.74, 6) is 0.637. The number of aryl methyl sites for hydroxylation is 1. The molecular weight excluding hydrogens is 222 g/mol. The van der Waals surface area contributed by atoms with E-state index in [1.807, 2.05) is 0 Å². The smallest absolute Gasteiger partial charge is 0.273 e. The molecule has 0 radical (unpaired) electrons. The highest BCUT2D eigenvalue weighted by atomic mass is 16.6. The first-order valence-corrected chi connectivity index (χ1v) is 5.48. The number of nitro groups is 1. The van der Waals surface area contributed by atoms with Gasteiger partial charge in [0.15, 0.2) is 5.78 Å². The Morgan fingerprint density at radius 3 is 2.82 bits per heavy atom. The Hall–Kier alpha value is -1.91. The van der Waals surface area contributed by atoms with Crippen LogP contribution in [0, 0.1) is 23.0 Å². The van der Waals surface area contributed by atoms with Gasteiger partial charge >= 0.3 is 0 Å². The Bertz CT molecular complexity index is 466. The van der Waals surface area contributed by atoms with Crippen molar-refractivity contribution in [1.29, 1.82) is 0 Å². The zero-order valence-corrected chi connectivity index (χ0v) is 9.51. The van der Waals surface area contributed by atoms with Crippen LogP contribution in [-0.4, -0.2) is 17.3 Å². The molecule has 1 aromatic rings. The first kappa shape index (κ1) is 11.6. The molecule has 0 saturated heterocycles. The van der Waals surface area contributed by atoms with Crippen LogP contribution in [0.1, 0.15) is 18.4 Å². The molecule has 0 bridgehead atoms. The highest BCUT2D eigenvalue weighted by Gasteiger charge is 2.29. The molecule has 90 valence electrons. The van der Waals surface area contributed by atoms with Crippen molar-refractivity contribution in [3.63, 3.8) is 0 Å². The van der Waals surface area contributed by atoms with Crippen molar-refractivity contribution in [2.75, 3.05) is 6.61 Å². The number of carbonyl (C=O) groups is 1. The largest absolute Gasteiger partial charge is 0.485 e. The maximum Gasteiger partial charge on any atom is 0.273 e. The fraction of sp³-hybridized carbons (Fsp3) is 0.417. The average Bonchev–Trinajstić information content (AvgIpc) is 3.11. The molecule has 5 heteroatoms. The van der Waals surface area contributed by atoms with E-state index in [-0.39, 0.29) is 24.0 Å². The third-order valence-electron chi connectivity index (χ3n) is 2.79. The Morgan fingerprint density at radius 2 is 2.24 bits per heavy atom. The van der Waals surface area contributed by atoms with Gasteiger partial charge < -0.3 is 4.74 Å². The molecule has 0 aromatic heterocycles. The molecule has 0 spiro atoms. The van der Waals surface area contributed by atoms with E-state index in [1.165, 1.54) is 12.1 Å². The van der Waals surface area contributed by atoms with Crippen LogP contribution in [0.25, 0.3) is 0 Å². The molecule has 1 aliphatic rings. The molecule has 1 fully saturated rings. The zero-order chi connectivity index (χ0) is 12.4. The van der Waals surface area contributed by atoms with Crippen LogP contribution in [0.2, 0.25) is 0 Å². The van der Waals surface area contributed by atoms with Crippen molar-refractivity contribution < 1.29 is 14.5 Å². The summed E-state index contributed by atoms with van der Waals surface area (Å²) in [7, 11) is 0. The number of non-ortho nitro benzene ring substituents is 1. The van der Waals surface area contributed by atoms with Gasteiger partial charge in [0.2, 0.25) is 0 Å². The lowest BCUT2D eigenvalue weighted by molar-refractivity contribution is -0.384. The summed E-state index contributed by atoms with van der Waals surface area (Å²) < 4.78 is 5.34. The number of ether oxygens (including phenoxy) is 1. The molecule has 0 unspecified atom stereocenters. The molecule has 1 aromatic carbocycles. The van der Waals surface area contributed by atoms with Crippen molar-refractivity contribution in [2.24, 2.45) is 5.92 Å². The topological polar surface area (TPSA) is 69.4 Å². The van der Waals surface area contributed by atoms with Crippen LogP contribution in [0.5, 0.6) is 5.75 Å². The Kier molecular flexibility index (Phi) is 3.08. The minimum Gasteiger partial charge on any atom is -0.485 e. The quantitative estimate of drug-likeness (QED) is 0.579. The Balaban J connectivity index is 2.05. The van der Waals surface area contributed by atoms with Crippen LogP contribution < -0.4 is 4.74 Å². The summed E-state index contributed by atoms with van der Waals surface area (Å²) in [4.78, 5) is 21.6. The van der Waals surface area contributed by atoms with E-state index in [0.29, 0.717) is 5.75 Å². The number of nitrogens with zero attached hydrogens (tertiary/aromatic N) is 1. The first-order valence-electron chi connectivity index (χ1n) is 5.48. The maximum absolute atomic E-state index is 11.4. The van der Waals surface area contributed by atoms with E-state index in [4.69, 9.17) is 4.74 Å². The normalized spacial score (nSPS) is 14.4. The molecule has 5 nitrogen and oxygen atoms in total. The third kappa shape index (κ3) is 2.81. The summed E-state index contributed by atoms with van der Waals surface area (Å²) in [5.41, 5.74) is 0.767. The SMILES string of the molecule is Cc1ccc([N+](=O)[O-])cc1OCC(=O)C1CC1. The highest BCUT2D eigenvalue weighted by molar-refractivity contribution is 5.84. The van der Waals surface area contributed by atoms with Crippen molar-refractivity contribution >= 4 is 11.5 Å².